The van der Waals surface area contributed by atoms with E-state index >= 15 is 0 Å². The highest BCUT2D eigenvalue weighted by atomic mass is 16.4. The number of carboxylic acids is 1. The first-order valence-corrected chi connectivity index (χ1v) is 8.62. The third-order valence-corrected chi connectivity index (χ3v) is 5.92. The van der Waals surface area contributed by atoms with Crippen LogP contribution in [-0.4, -0.2) is 21.7 Å². The molecule has 5 rings (SSSR count). The molecule has 1 aromatic carbocycles. The maximum absolute atomic E-state index is 10.3. The Labute approximate surface area is 143 Å². The van der Waals surface area contributed by atoms with E-state index in [1.165, 1.54) is 56.7 Å². The molecule has 0 amide bonds. The van der Waals surface area contributed by atoms with Crippen LogP contribution in [0.25, 0.3) is 0 Å². The van der Waals surface area contributed by atoms with Crippen molar-refractivity contribution in [1.29, 1.82) is 0 Å². The summed E-state index contributed by atoms with van der Waals surface area (Å²) in [4.78, 5) is 10.3. The number of rotatable bonds is 1. The summed E-state index contributed by atoms with van der Waals surface area (Å²) < 4.78 is 0. The van der Waals surface area contributed by atoms with Crippen LogP contribution in [0.15, 0.2) is 18.2 Å². The Kier molecular flexibility index (Phi) is 3.83. The number of nitrogen functional groups attached to an aromatic ring is 1. The average molecular weight is 332 g/mol. The average Bonchev–Trinajstić information content (AvgIpc) is 2.32. The fourth-order valence-corrected chi connectivity index (χ4v) is 6.27. The van der Waals surface area contributed by atoms with Crippen molar-refractivity contribution >= 4 is 11.7 Å². The molecule has 0 spiro atoms. The molecular formula is C19H28N2O3. The predicted molar refractivity (Wildman–Crippen MR) is 93.8 cm³/mol. The van der Waals surface area contributed by atoms with Gasteiger partial charge in [-0.1, -0.05) is 13.8 Å². The van der Waals surface area contributed by atoms with Crippen LogP contribution >= 0.6 is 0 Å². The van der Waals surface area contributed by atoms with Crippen LogP contribution < -0.4 is 11.5 Å². The van der Waals surface area contributed by atoms with Crippen molar-refractivity contribution in [2.75, 3.05) is 5.73 Å². The van der Waals surface area contributed by atoms with Gasteiger partial charge >= 0.3 is 5.97 Å². The number of nitrogens with two attached hydrogens (primary N) is 2. The van der Waals surface area contributed by atoms with Crippen molar-refractivity contribution < 1.29 is 15.0 Å². The van der Waals surface area contributed by atoms with Gasteiger partial charge in [-0.3, -0.25) is 0 Å². The van der Waals surface area contributed by atoms with Crippen LogP contribution in [0, 0.1) is 16.7 Å². The van der Waals surface area contributed by atoms with Crippen molar-refractivity contribution in [1.82, 2.24) is 0 Å². The standard InChI is InChI=1S/C12H21N.C7H7NO3/c1-10-3-9-4-11(2,6-10)8-12(13,5-9)7-10;8-4-1-2-5(7(10)11)6(9)3-4/h9H,3-8,13H2,1-2H3;1-3,9H,8H2,(H,10,11). The number of anilines is 1. The number of carboxylic acid groups (broad SMARTS) is 1. The molecule has 2 atom stereocenters. The molecule has 0 aliphatic heterocycles. The first-order chi connectivity index (χ1) is 11.0. The van der Waals surface area contributed by atoms with Gasteiger partial charge in [0, 0.05) is 17.3 Å². The highest BCUT2D eigenvalue weighted by Crippen LogP contribution is 2.65. The monoisotopic (exact) mass is 332 g/mol. The highest BCUT2D eigenvalue weighted by Gasteiger charge is 2.58. The fourth-order valence-electron chi connectivity index (χ4n) is 6.27. The number of hydrogen-bond donors (Lipinski definition) is 4. The largest absolute Gasteiger partial charge is 0.507 e. The molecule has 0 radical (unpaired) electrons. The van der Waals surface area contributed by atoms with Gasteiger partial charge in [0.2, 0.25) is 0 Å². The van der Waals surface area contributed by atoms with E-state index in [2.05, 4.69) is 13.8 Å². The summed E-state index contributed by atoms with van der Waals surface area (Å²) >= 11 is 0. The van der Waals surface area contributed by atoms with E-state index in [1.807, 2.05) is 0 Å². The van der Waals surface area contributed by atoms with Gasteiger partial charge in [-0.25, -0.2) is 4.79 Å². The van der Waals surface area contributed by atoms with Crippen LogP contribution in [0.3, 0.4) is 0 Å². The molecule has 5 heteroatoms. The van der Waals surface area contributed by atoms with E-state index < -0.39 is 5.97 Å². The molecule has 4 aliphatic carbocycles. The lowest BCUT2D eigenvalue weighted by Crippen LogP contribution is -2.62. The zero-order valence-corrected chi connectivity index (χ0v) is 14.5. The summed E-state index contributed by atoms with van der Waals surface area (Å²) in [5, 5.41) is 17.5. The number of phenols is 1. The van der Waals surface area contributed by atoms with E-state index in [1.54, 1.807) is 0 Å². The zero-order chi connectivity index (χ0) is 17.8. The van der Waals surface area contributed by atoms with Gasteiger partial charge in [0.05, 0.1) is 0 Å². The number of benzene rings is 1. The number of carbonyl (C=O) groups is 1. The van der Waals surface area contributed by atoms with Crippen LogP contribution in [-0.2, 0) is 0 Å². The van der Waals surface area contributed by atoms with E-state index in [4.69, 9.17) is 21.7 Å². The Hall–Kier alpha value is -1.75. The summed E-state index contributed by atoms with van der Waals surface area (Å²) in [6.07, 6.45) is 8.27. The Balaban J connectivity index is 0.000000144. The van der Waals surface area contributed by atoms with Crippen LogP contribution in [0.2, 0.25) is 0 Å². The summed E-state index contributed by atoms with van der Waals surface area (Å²) in [6.45, 7) is 4.94. The fraction of sp³-hybridized carbons (Fsp3) is 0.632. The van der Waals surface area contributed by atoms with Crippen molar-refractivity contribution in [3.05, 3.63) is 23.8 Å². The number of hydrogen-bond acceptors (Lipinski definition) is 4. The van der Waals surface area contributed by atoms with Gasteiger partial charge in [-0.05, 0) is 67.4 Å². The lowest BCUT2D eigenvalue weighted by Gasteiger charge is -2.64. The SMILES string of the molecule is CC12CC3CC(C)(C1)CC(N)(C3)C2.Nc1ccc(C(=O)O)c(O)c1. The molecule has 1 aromatic rings. The van der Waals surface area contributed by atoms with Crippen molar-refractivity contribution in [2.24, 2.45) is 22.5 Å². The molecule has 5 nitrogen and oxygen atoms in total. The first kappa shape index (κ1) is 17.1. The Bertz CT molecular complexity index is 622. The molecule has 0 aromatic heterocycles. The summed E-state index contributed by atoms with van der Waals surface area (Å²) in [7, 11) is 0. The Morgan fingerprint density at radius 2 is 1.71 bits per heavy atom. The molecule has 6 N–H and O–H groups in total. The molecule has 0 saturated heterocycles. The summed E-state index contributed by atoms with van der Waals surface area (Å²) in [5.41, 5.74) is 13.4. The minimum absolute atomic E-state index is 0.140. The molecular weight excluding hydrogens is 304 g/mol. The molecule has 4 fully saturated rings. The molecule has 4 aliphatic rings. The summed E-state index contributed by atoms with van der Waals surface area (Å²) in [6, 6.07) is 3.87. The van der Waals surface area contributed by atoms with Gasteiger partial charge in [0.1, 0.15) is 11.3 Å². The molecule has 4 saturated carbocycles. The molecule has 0 heterocycles. The first-order valence-electron chi connectivity index (χ1n) is 8.62. The lowest BCUT2D eigenvalue weighted by molar-refractivity contribution is -0.104. The normalized spacial score (nSPS) is 39.2. The van der Waals surface area contributed by atoms with Crippen LogP contribution in [0.5, 0.6) is 5.75 Å². The van der Waals surface area contributed by atoms with Gasteiger partial charge < -0.3 is 21.7 Å². The van der Waals surface area contributed by atoms with Crippen molar-refractivity contribution in [3.8, 4) is 5.75 Å². The van der Waals surface area contributed by atoms with Crippen LogP contribution in [0.1, 0.15) is 62.7 Å². The highest BCUT2D eigenvalue weighted by molar-refractivity contribution is 5.91. The van der Waals surface area contributed by atoms with Crippen molar-refractivity contribution in [3.63, 3.8) is 0 Å². The topological polar surface area (TPSA) is 110 Å². The maximum Gasteiger partial charge on any atom is 0.339 e. The van der Waals surface area contributed by atoms with E-state index in [0.717, 1.165) is 5.92 Å². The minimum Gasteiger partial charge on any atom is -0.507 e. The summed E-state index contributed by atoms with van der Waals surface area (Å²) in [5.74, 6) is -0.517. The Morgan fingerprint density at radius 1 is 1.12 bits per heavy atom. The predicted octanol–water partition coefficient (Wildman–Crippen LogP) is 3.37. The maximum atomic E-state index is 10.3. The van der Waals surface area contributed by atoms with Gasteiger partial charge in [0.15, 0.2) is 0 Å². The van der Waals surface area contributed by atoms with Crippen molar-refractivity contribution in [2.45, 2.75) is 57.9 Å². The second-order valence-electron chi connectivity index (χ2n) is 9.07. The Morgan fingerprint density at radius 3 is 2.12 bits per heavy atom. The quantitative estimate of drug-likeness (QED) is 0.589. The van der Waals surface area contributed by atoms with Crippen LogP contribution in [0.4, 0.5) is 5.69 Å². The lowest BCUT2D eigenvalue weighted by atomic mass is 9.43. The molecule has 4 bridgehead atoms. The third kappa shape index (κ3) is 3.22. The minimum atomic E-state index is -1.16. The number of aromatic hydroxyl groups is 1. The van der Waals surface area contributed by atoms with Gasteiger partial charge in [0.25, 0.3) is 0 Å². The zero-order valence-electron chi connectivity index (χ0n) is 14.5. The van der Waals surface area contributed by atoms with E-state index in [0.29, 0.717) is 16.5 Å². The molecule has 24 heavy (non-hydrogen) atoms. The van der Waals surface area contributed by atoms with Gasteiger partial charge in [-0.15, -0.1) is 0 Å². The third-order valence-electron chi connectivity index (χ3n) is 5.92. The van der Waals surface area contributed by atoms with Gasteiger partial charge in [-0.2, -0.15) is 0 Å². The molecule has 2 unspecified atom stereocenters. The smallest absolute Gasteiger partial charge is 0.339 e. The number of aromatic carboxylic acids is 1. The second-order valence-corrected chi connectivity index (χ2v) is 9.07. The second kappa shape index (κ2) is 5.38. The molecule has 132 valence electrons. The van der Waals surface area contributed by atoms with E-state index in [-0.39, 0.29) is 16.9 Å². The van der Waals surface area contributed by atoms with E-state index in [9.17, 15) is 4.79 Å².